The topological polar surface area (TPSA) is 98.1 Å². The average molecular weight is 403 g/mol. The third-order valence-corrected chi connectivity index (χ3v) is 6.08. The molecule has 27 heavy (non-hydrogen) atoms. The van der Waals surface area contributed by atoms with Crippen molar-refractivity contribution in [1.82, 2.24) is 25.1 Å². The van der Waals surface area contributed by atoms with Crippen molar-refractivity contribution in [2.24, 2.45) is 0 Å². The summed E-state index contributed by atoms with van der Waals surface area (Å²) in [6, 6.07) is 4.07. The van der Waals surface area contributed by atoms with Crippen LogP contribution in [0.15, 0.2) is 24.3 Å². The van der Waals surface area contributed by atoms with Crippen LogP contribution in [-0.4, -0.2) is 64.0 Å². The standard InChI is InChI=1S/C15H16F3N5O3S/c1-22(12-5-6-27(25,26)9-12)13(24)8-23-20-14(19-21-23)10-3-2-4-11(7-10)15(16,17)18/h2-4,7,12H,5-6,8-9H2,1H3/t12-/m1/s1. The second kappa shape index (κ2) is 6.91. The Morgan fingerprint density at radius 3 is 2.74 bits per heavy atom. The van der Waals surface area contributed by atoms with Crippen LogP contribution in [0.2, 0.25) is 0 Å². The van der Waals surface area contributed by atoms with Gasteiger partial charge in [0.1, 0.15) is 6.54 Å². The molecule has 0 unspecified atom stereocenters. The largest absolute Gasteiger partial charge is 0.416 e. The molecule has 1 aromatic heterocycles. The van der Waals surface area contributed by atoms with E-state index < -0.39 is 33.5 Å². The van der Waals surface area contributed by atoms with Crippen molar-refractivity contribution < 1.29 is 26.4 Å². The Labute approximate surface area is 152 Å². The van der Waals surface area contributed by atoms with Crippen LogP contribution in [0.25, 0.3) is 11.4 Å². The maximum absolute atomic E-state index is 12.8. The first-order valence-corrected chi connectivity index (χ1v) is 9.79. The summed E-state index contributed by atoms with van der Waals surface area (Å²) in [6.45, 7) is -0.293. The van der Waals surface area contributed by atoms with Crippen molar-refractivity contribution in [2.75, 3.05) is 18.6 Å². The average Bonchev–Trinajstić information content (AvgIpc) is 3.20. The van der Waals surface area contributed by atoms with Crippen LogP contribution in [0.3, 0.4) is 0 Å². The van der Waals surface area contributed by atoms with Gasteiger partial charge >= 0.3 is 6.18 Å². The number of hydrogen-bond donors (Lipinski definition) is 0. The first-order chi connectivity index (χ1) is 12.5. The molecule has 1 aliphatic heterocycles. The molecule has 0 spiro atoms. The van der Waals surface area contributed by atoms with Gasteiger partial charge in [0.15, 0.2) is 9.84 Å². The van der Waals surface area contributed by atoms with E-state index in [1.807, 2.05) is 0 Å². The van der Waals surface area contributed by atoms with Crippen LogP contribution >= 0.6 is 0 Å². The number of likely N-dealkylation sites (N-methyl/N-ethyl adjacent to an activating group) is 1. The highest BCUT2D eigenvalue weighted by molar-refractivity contribution is 7.91. The molecule has 1 saturated heterocycles. The summed E-state index contributed by atoms with van der Waals surface area (Å²) in [6.07, 6.45) is -4.13. The minimum Gasteiger partial charge on any atom is -0.340 e. The van der Waals surface area contributed by atoms with Gasteiger partial charge in [-0.2, -0.15) is 18.0 Å². The molecule has 2 aromatic rings. The third-order valence-electron chi connectivity index (χ3n) is 4.33. The lowest BCUT2D eigenvalue weighted by molar-refractivity contribution is -0.137. The van der Waals surface area contributed by atoms with Crippen LogP contribution in [-0.2, 0) is 27.4 Å². The Morgan fingerprint density at radius 2 is 2.11 bits per heavy atom. The normalized spacial score (nSPS) is 19.2. The molecule has 146 valence electrons. The molecule has 0 radical (unpaired) electrons. The van der Waals surface area contributed by atoms with E-state index in [-0.39, 0.29) is 29.4 Å². The molecular formula is C15H16F3N5O3S. The second-order valence-electron chi connectivity index (χ2n) is 6.28. The number of carbonyl (C=O) groups is 1. The number of aromatic nitrogens is 4. The number of sulfone groups is 1. The number of nitrogens with zero attached hydrogens (tertiary/aromatic N) is 5. The van der Waals surface area contributed by atoms with Crippen LogP contribution in [0, 0.1) is 0 Å². The predicted octanol–water partition coefficient (Wildman–Crippen LogP) is 1.00. The van der Waals surface area contributed by atoms with E-state index in [4.69, 9.17) is 0 Å². The molecule has 1 atom stereocenters. The van der Waals surface area contributed by atoms with E-state index in [2.05, 4.69) is 15.4 Å². The fourth-order valence-corrected chi connectivity index (χ4v) is 4.55. The Hall–Kier alpha value is -2.50. The molecule has 3 rings (SSSR count). The van der Waals surface area contributed by atoms with Crippen molar-refractivity contribution in [3.8, 4) is 11.4 Å². The molecule has 1 aliphatic rings. The highest BCUT2D eigenvalue weighted by Gasteiger charge is 2.33. The lowest BCUT2D eigenvalue weighted by Crippen LogP contribution is -2.40. The zero-order chi connectivity index (χ0) is 19.8. The first-order valence-electron chi connectivity index (χ1n) is 7.97. The Kier molecular flexibility index (Phi) is 4.93. The van der Waals surface area contributed by atoms with Gasteiger partial charge < -0.3 is 4.90 Å². The van der Waals surface area contributed by atoms with E-state index in [9.17, 15) is 26.4 Å². The lowest BCUT2D eigenvalue weighted by Gasteiger charge is -2.22. The van der Waals surface area contributed by atoms with Gasteiger partial charge in [-0.05, 0) is 23.8 Å². The zero-order valence-electron chi connectivity index (χ0n) is 14.2. The van der Waals surface area contributed by atoms with Crippen LogP contribution in [0.4, 0.5) is 13.2 Å². The van der Waals surface area contributed by atoms with Gasteiger partial charge in [-0.3, -0.25) is 4.79 Å². The molecular weight excluding hydrogens is 387 g/mol. The Bertz CT molecular complexity index is 958. The molecule has 1 aromatic carbocycles. The second-order valence-corrected chi connectivity index (χ2v) is 8.51. The fraction of sp³-hybridized carbons (Fsp3) is 0.467. The minimum atomic E-state index is -4.49. The number of benzene rings is 1. The number of hydrogen-bond acceptors (Lipinski definition) is 6. The van der Waals surface area contributed by atoms with E-state index in [1.54, 1.807) is 0 Å². The molecule has 0 aliphatic carbocycles. The van der Waals surface area contributed by atoms with Gasteiger partial charge in [-0.1, -0.05) is 12.1 Å². The van der Waals surface area contributed by atoms with Gasteiger partial charge in [-0.25, -0.2) is 8.42 Å². The third kappa shape index (κ3) is 4.43. The predicted molar refractivity (Wildman–Crippen MR) is 88.1 cm³/mol. The number of tetrazole rings is 1. The summed E-state index contributed by atoms with van der Waals surface area (Å²) in [7, 11) is -1.63. The summed E-state index contributed by atoms with van der Waals surface area (Å²) in [5.74, 6) is -0.503. The number of amides is 1. The van der Waals surface area contributed by atoms with Crippen molar-refractivity contribution in [3.05, 3.63) is 29.8 Å². The first kappa shape index (κ1) is 19.3. The number of rotatable bonds is 4. The van der Waals surface area contributed by atoms with Gasteiger partial charge in [0.25, 0.3) is 0 Å². The van der Waals surface area contributed by atoms with Gasteiger partial charge in [0.2, 0.25) is 11.7 Å². The Balaban J connectivity index is 1.70. The Morgan fingerprint density at radius 1 is 1.37 bits per heavy atom. The maximum atomic E-state index is 12.8. The monoisotopic (exact) mass is 403 g/mol. The quantitative estimate of drug-likeness (QED) is 0.756. The van der Waals surface area contributed by atoms with Crippen molar-refractivity contribution >= 4 is 15.7 Å². The summed E-state index contributed by atoms with van der Waals surface area (Å²) in [4.78, 5) is 14.6. The summed E-state index contributed by atoms with van der Waals surface area (Å²) < 4.78 is 61.4. The van der Waals surface area contributed by atoms with Gasteiger partial charge in [-0.15, -0.1) is 10.2 Å². The van der Waals surface area contributed by atoms with Crippen molar-refractivity contribution in [3.63, 3.8) is 0 Å². The van der Waals surface area contributed by atoms with E-state index >= 15 is 0 Å². The number of alkyl halides is 3. The fourth-order valence-electron chi connectivity index (χ4n) is 2.78. The van der Waals surface area contributed by atoms with Crippen LogP contribution < -0.4 is 0 Å². The molecule has 8 nitrogen and oxygen atoms in total. The molecule has 2 heterocycles. The van der Waals surface area contributed by atoms with Gasteiger partial charge in [0.05, 0.1) is 17.1 Å². The molecule has 1 fully saturated rings. The molecule has 12 heteroatoms. The highest BCUT2D eigenvalue weighted by atomic mass is 32.2. The van der Waals surface area contributed by atoms with Crippen LogP contribution in [0.5, 0.6) is 0 Å². The summed E-state index contributed by atoms with van der Waals surface area (Å²) in [5, 5.41) is 11.3. The van der Waals surface area contributed by atoms with E-state index in [0.717, 1.165) is 16.9 Å². The number of carbonyl (C=O) groups excluding carboxylic acids is 1. The minimum absolute atomic E-state index is 0.0383. The summed E-state index contributed by atoms with van der Waals surface area (Å²) >= 11 is 0. The molecule has 0 bridgehead atoms. The smallest absolute Gasteiger partial charge is 0.340 e. The van der Waals surface area contributed by atoms with Gasteiger partial charge in [0, 0.05) is 18.7 Å². The highest BCUT2D eigenvalue weighted by Crippen LogP contribution is 2.31. The summed E-state index contributed by atoms with van der Waals surface area (Å²) in [5.41, 5.74) is -0.714. The van der Waals surface area contributed by atoms with Crippen molar-refractivity contribution in [2.45, 2.75) is 25.2 Å². The molecule has 0 saturated carbocycles. The zero-order valence-corrected chi connectivity index (χ0v) is 15.0. The van der Waals surface area contributed by atoms with Crippen molar-refractivity contribution in [1.29, 1.82) is 0 Å². The van der Waals surface area contributed by atoms with Crippen LogP contribution in [0.1, 0.15) is 12.0 Å². The number of halogens is 3. The van der Waals surface area contributed by atoms with E-state index in [0.29, 0.717) is 6.42 Å². The maximum Gasteiger partial charge on any atom is 0.416 e. The molecule has 0 N–H and O–H groups in total. The molecule has 1 amide bonds. The lowest BCUT2D eigenvalue weighted by atomic mass is 10.1. The van der Waals surface area contributed by atoms with E-state index in [1.165, 1.54) is 24.1 Å². The SMILES string of the molecule is CN(C(=O)Cn1nnc(-c2cccc(C(F)(F)F)c2)n1)[C@@H]1CCS(=O)(=O)C1.